The van der Waals surface area contributed by atoms with E-state index in [1.165, 1.54) is 0 Å². The number of aryl methyl sites for hydroxylation is 2. The number of hydrogen-bond donors (Lipinski definition) is 1. The van der Waals surface area contributed by atoms with Crippen molar-refractivity contribution in [2.24, 2.45) is 0 Å². The van der Waals surface area contributed by atoms with E-state index in [1.54, 1.807) is 0 Å². The highest BCUT2D eigenvalue weighted by Gasteiger charge is 2.15. The summed E-state index contributed by atoms with van der Waals surface area (Å²) in [7, 11) is 0. The Morgan fingerprint density at radius 1 is 1.33 bits per heavy atom. The van der Waals surface area contributed by atoms with Gasteiger partial charge in [0.05, 0.1) is 16.4 Å². The van der Waals surface area contributed by atoms with Gasteiger partial charge >= 0.3 is 0 Å². The minimum Gasteiger partial charge on any atom is -0.316 e. The summed E-state index contributed by atoms with van der Waals surface area (Å²) in [6, 6.07) is 0. The summed E-state index contributed by atoms with van der Waals surface area (Å²) in [6.45, 7) is 14.2. The first-order valence-electron chi connectivity index (χ1n) is 6.78. The van der Waals surface area contributed by atoms with E-state index in [0.717, 1.165) is 55.7 Å². The summed E-state index contributed by atoms with van der Waals surface area (Å²) < 4.78 is 2.01. The van der Waals surface area contributed by atoms with Crippen LogP contribution < -0.4 is 5.32 Å². The lowest BCUT2D eigenvalue weighted by Crippen LogP contribution is -2.32. The number of hydrogen-bond acceptors (Lipinski definition) is 3. The summed E-state index contributed by atoms with van der Waals surface area (Å²) in [5, 5.41) is 8.62. The average molecular weight is 273 g/mol. The third-order valence-corrected chi connectivity index (χ3v) is 3.62. The number of aromatic nitrogens is 2. The molecule has 104 valence electrons. The molecule has 0 aromatic carbocycles. The number of likely N-dealkylation sites (N-methyl/N-ethyl adjacent to an activating group) is 2. The van der Waals surface area contributed by atoms with Gasteiger partial charge in [-0.2, -0.15) is 5.10 Å². The van der Waals surface area contributed by atoms with Crippen molar-refractivity contribution >= 4 is 11.6 Å². The Balaban J connectivity index is 2.68. The Morgan fingerprint density at radius 2 is 2.06 bits per heavy atom. The van der Waals surface area contributed by atoms with E-state index in [4.69, 9.17) is 11.6 Å². The number of halogens is 1. The van der Waals surface area contributed by atoms with Crippen LogP contribution in [-0.4, -0.2) is 40.9 Å². The third-order valence-electron chi connectivity index (χ3n) is 3.13. The van der Waals surface area contributed by atoms with E-state index in [-0.39, 0.29) is 0 Å². The molecule has 1 rings (SSSR count). The lowest BCUT2D eigenvalue weighted by molar-refractivity contribution is 0.271. The van der Waals surface area contributed by atoms with Crippen molar-refractivity contribution in [2.45, 2.75) is 40.8 Å². The van der Waals surface area contributed by atoms with Gasteiger partial charge in [0, 0.05) is 26.2 Å². The van der Waals surface area contributed by atoms with Gasteiger partial charge in [0.25, 0.3) is 0 Å². The van der Waals surface area contributed by atoms with Crippen LogP contribution in [0.2, 0.25) is 5.02 Å². The Morgan fingerprint density at radius 3 is 2.61 bits per heavy atom. The molecule has 0 fully saturated rings. The molecule has 1 aromatic heterocycles. The summed E-state index contributed by atoms with van der Waals surface area (Å²) in [4.78, 5) is 2.39. The third kappa shape index (κ3) is 3.97. The Labute approximate surface area is 115 Å². The summed E-state index contributed by atoms with van der Waals surface area (Å²) in [5.41, 5.74) is 2.06. The van der Waals surface area contributed by atoms with Gasteiger partial charge in [-0.05, 0) is 26.9 Å². The van der Waals surface area contributed by atoms with Gasteiger partial charge in [0.2, 0.25) is 0 Å². The van der Waals surface area contributed by atoms with Crippen LogP contribution in [0.15, 0.2) is 0 Å². The maximum Gasteiger partial charge on any atom is 0.0860 e. The Kier molecular flexibility index (Phi) is 6.68. The van der Waals surface area contributed by atoms with Crippen LogP contribution in [0.5, 0.6) is 0 Å². The molecule has 0 saturated carbocycles. The number of rotatable bonds is 8. The monoisotopic (exact) mass is 272 g/mol. The van der Waals surface area contributed by atoms with Crippen LogP contribution >= 0.6 is 11.6 Å². The molecule has 0 spiro atoms. The molecule has 0 atom stereocenters. The van der Waals surface area contributed by atoms with Gasteiger partial charge in [-0.25, -0.2) is 0 Å². The molecule has 0 radical (unpaired) electrons. The van der Waals surface area contributed by atoms with E-state index in [9.17, 15) is 0 Å². The Hall–Kier alpha value is -0.580. The maximum absolute atomic E-state index is 6.33. The predicted molar refractivity (Wildman–Crippen MR) is 77.1 cm³/mol. The van der Waals surface area contributed by atoms with Gasteiger partial charge < -0.3 is 5.32 Å². The minimum absolute atomic E-state index is 0.818. The van der Waals surface area contributed by atoms with Crippen molar-refractivity contribution in [3.05, 3.63) is 16.4 Å². The first-order valence-corrected chi connectivity index (χ1v) is 7.16. The van der Waals surface area contributed by atoms with E-state index in [2.05, 4.69) is 36.1 Å². The fourth-order valence-electron chi connectivity index (χ4n) is 1.99. The molecule has 5 heteroatoms. The molecule has 0 aliphatic rings. The zero-order valence-electron chi connectivity index (χ0n) is 12.0. The molecule has 0 saturated heterocycles. The zero-order valence-corrected chi connectivity index (χ0v) is 12.7. The first kappa shape index (κ1) is 15.5. The highest BCUT2D eigenvalue weighted by atomic mass is 35.5. The molecule has 1 N–H and O–H groups in total. The van der Waals surface area contributed by atoms with E-state index in [0.29, 0.717) is 0 Å². The fourth-order valence-corrected chi connectivity index (χ4v) is 2.19. The van der Waals surface area contributed by atoms with Crippen LogP contribution in [-0.2, 0) is 13.1 Å². The van der Waals surface area contributed by atoms with Crippen molar-refractivity contribution < 1.29 is 0 Å². The molecule has 18 heavy (non-hydrogen) atoms. The second kappa shape index (κ2) is 7.77. The summed E-state index contributed by atoms with van der Waals surface area (Å²) in [6.07, 6.45) is 0. The molecule has 0 unspecified atom stereocenters. The standard InChI is InChI=1S/C13H25ClN4/c1-5-15-8-9-17(6-2)10-12-13(14)11(4)16-18(12)7-3/h15H,5-10H2,1-4H3. The summed E-state index contributed by atoms with van der Waals surface area (Å²) >= 11 is 6.33. The van der Waals surface area contributed by atoms with Gasteiger partial charge in [-0.1, -0.05) is 25.4 Å². The molecular formula is C13H25ClN4. The zero-order chi connectivity index (χ0) is 13.5. The molecule has 1 aromatic rings. The van der Waals surface area contributed by atoms with Gasteiger partial charge in [0.1, 0.15) is 0 Å². The molecule has 4 nitrogen and oxygen atoms in total. The van der Waals surface area contributed by atoms with Crippen LogP contribution in [0.25, 0.3) is 0 Å². The van der Waals surface area contributed by atoms with Gasteiger partial charge in [-0.15, -0.1) is 0 Å². The van der Waals surface area contributed by atoms with Crippen LogP contribution in [0, 0.1) is 6.92 Å². The predicted octanol–water partition coefficient (Wildman–Crippen LogP) is 2.30. The maximum atomic E-state index is 6.33. The van der Waals surface area contributed by atoms with Crippen molar-refractivity contribution in [1.29, 1.82) is 0 Å². The normalized spacial score (nSPS) is 11.4. The molecule has 0 aliphatic carbocycles. The molecular weight excluding hydrogens is 248 g/mol. The smallest absolute Gasteiger partial charge is 0.0860 e. The van der Waals surface area contributed by atoms with Gasteiger partial charge in [0.15, 0.2) is 0 Å². The molecule has 0 aliphatic heterocycles. The average Bonchev–Trinajstić information content (AvgIpc) is 2.65. The van der Waals surface area contributed by atoms with Crippen molar-refractivity contribution in [2.75, 3.05) is 26.2 Å². The molecule has 0 bridgehead atoms. The lowest BCUT2D eigenvalue weighted by Gasteiger charge is -2.21. The second-order valence-electron chi connectivity index (χ2n) is 4.38. The lowest BCUT2D eigenvalue weighted by atomic mass is 10.3. The van der Waals surface area contributed by atoms with Crippen LogP contribution in [0.4, 0.5) is 0 Å². The van der Waals surface area contributed by atoms with E-state index < -0.39 is 0 Å². The van der Waals surface area contributed by atoms with Crippen LogP contribution in [0.1, 0.15) is 32.2 Å². The Bertz CT molecular complexity index is 362. The SMILES string of the molecule is CCNCCN(CC)Cc1c(Cl)c(C)nn1CC. The second-order valence-corrected chi connectivity index (χ2v) is 4.76. The van der Waals surface area contributed by atoms with Crippen molar-refractivity contribution in [3.8, 4) is 0 Å². The summed E-state index contributed by atoms with van der Waals surface area (Å²) in [5.74, 6) is 0. The van der Waals surface area contributed by atoms with Crippen LogP contribution in [0.3, 0.4) is 0 Å². The largest absolute Gasteiger partial charge is 0.316 e. The number of nitrogens with zero attached hydrogens (tertiary/aromatic N) is 3. The van der Waals surface area contributed by atoms with E-state index >= 15 is 0 Å². The highest BCUT2D eigenvalue weighted by Crippen LogP contribution is 2.21. The van der Waals surface area contributed by atoms with E-state index in [1.807, 2.05) is 11.6 Å². The number of nitrogens with one attached hydrogen (secondary N) is 1. The quantitative estimate of drug-likeness (QED) is 0.737. The van der Waals surface area contributed by atoms with Crippen molar-refractivity contribution in [3.63, 3.8) is 0 Å². The highest BCUT2D eigenvalue weighted by molar-refractivity contribution is 6.31. The molecule has 1 heterocycles. The fraction of sp³-hybridized carbons (Fsp3) is 0.769. The first-order chi connectivity index (χ1) is 8.63. The molecule has 0 amide bonds. The van der Waals surface area contributed by atoms with Crippen molar-refractivity contribution in [1.82, 2.24) is 20.0 Å². The topological polar surface area (TPSA) is 33.1 Å². The van der Waals surface area contributed by atoms with Gasteiger partial charge in [-0.3, -0.25) is 9.58 Å². The minimum atomic E-state index is 0.818.